The van der Waals surface area contributed by atoms with Crippen molar-refractivity contribution in [2.75, 3.05) is 6.61 Å². The Balaban J connectivity index is -0.0000000712. The molecule has 0 aromatic heterocycles. The Morgan fingerprint density at radius 3 is 1.31 bits per heavy atom. The quantitative estimate of drug-likeness (QED) is 0.545. The first-order chi connectivity index (χ1) is 5.48. The van der Waals surface area contributed by atoms with Crippen molar-refractivity contribution in [3.05, 3.63) is 13.8 Å². The maximum atomic E-state index is 8.94. The Hall–Kier alpha value is 0.543. The fraction of sp³-hybridized carbons (Fsp3) is 0.800. The summed E-state index contributed by atoms with van der Waals surface area (Å²) in [4.78, 5) is 0. The smallest absolute Gasteiger partial charge is 0.394 e. The molecule has 2 nitrogen and oxygen atoms in total. The van der Waals surface area contributed by atoms with Gasteiger partial charge >= 0.3 is 19.5 Å². The normalized spacial score (nSPS) is 10.8. The molecule has 2 N–H and O–H groups in total. The summed E-state index contributed by atoms with van der Waals surface area (Å²) in [6.45, 7) is 15.5. The molecule has 0 aliphatic rings. The van der Waals surface area contributed by atoms with Crippen LogP contribution in [0.5, 0.6) is 0 Å². The van der Waals surface area contributed by atoms with Gasteiger partial charge in [-0.1, -0.05) is 20.8 Å². The molecule has 0 fully saturated rings. The molecule has 0 bridgehead atoms. The molecule has 0 radical (unpaired) electrons. The summed E-state index contributed by atoms with van der Waals surface area (Å²) in [5, 5.41) is 17.4. The van der Waals surface area contributed by atoms with Crippen LogP contribution in [-0.4, -0.2) is 22.9 Å². The van der Waals surface area contributed by atoms with E-state index in [9.17, 15) is 0 Å². The van der Waals surface area contributed by atoms with Crippen molar-refractivity contribution in [2.24, 2.45) is 5.41 Å². The monoisotopic (exact) mass is 240 g/mol. The van der Waals surface area contributed by atoms with Crippen molar-refractivity contribution in [2.45, 2.75) is 40.7 Å². The van der Waals surface area contributed by atoms with Gasteiger partial charge in [0.15, 0.2) is 0 Å². The van der Waals surface area contributed by atoms with E-state index in [1.54, 1.807) is 13.8 Å². The summed E-state index contributed by atoms with van der Waals surface area (Å²) >= 11 is 0. The molecule has 0 saturated heterocycles. The van der Waals surface area contributed by atoms with E-state index in [2.05, 4.69) is 13.8 Å². The Morgan fingerprint density at radius 2 is 1.31 bits per heavy atom. The fourth-order valence-corrected chi connectivity index (χ4v) is 0.274. The zero-order chi connectivity index (χ0) is 10.8. The maximum Gasteiger partial charge on any atom is 2.00 e. The zero-order valence-corrected chi connectivity index (χ0v) is 12.8. The van der Waals surface area contributed by atoms with Gasteiger partial charge in [-0.2, -0.15) is 13.8 Å². The summed E-state index contributed by atoms with van der Waals surface area (Å²) in [6.07, 6.45) is -0.595. The van der Waals surface area contributed by atoms with E-state index in [4.69, 9.17) is 10.2 Å². The van der Waals surface area contributed by atoms with E-state index in [0.29, 0.717) is 0 Å². The molecule has 0 spiro atoms. The van der Waals surface area contributed by atoms with Gasteiger partial charge in [-0.15, -0.1) is 0 Å². The number of hydrogen-bond acceptors (Lipinski definition) is 2. The van der Waals surface area contributed by atoms with Crippen LogP contribution in [0, 0.1) is 19.3 Å². The molecule has 0 aliphatic heterocycles. The maximum absolute atomic E-state index is 8.94. The molecule has 0 heterocycles. The van der Waals surface area contributed by atoms with Crippen molar-refractivity contribution in [3.8, 4) is 0 Å². The van der Waals surface area contributed by atoms with Gasteiger partial charge in [0.05, 0.1) is 12.7 Å². The average molecular weight is 242 g/mol. The van der Waals surface area contributed by atoms with E-state index in [0.717, 1.165) is 0 Å². The SMILES string of the molecule is CC(C)(C)[C@@H](O)CO.[CH2-]C.[CH2-]C.[Zn+2]. The van der Waals surface area contributed by atoms with Gasteiger partial charge in [-0.25, -0.2) is 0 Å². The van der Waals surface area contributed by atoms with Crippen molar-refractivity contribution in [1.29, 1.82) is 0 Å². The van der Waals surface area contributed by atoms with Gasteiger partial charge in [-0.3, -0.25) is 0 Å². The molecular weight excluding hydrogens is 217 g/mol. The topological polar surface area (TPSA) is 40.5 Å². The molecule has 0 rings (SSSR count). The summed E-state index contributed by atoms with van der Waals surface area (Å²) in [5.41, 5.74) is -0.186. The number of rotatable bonds is 1. The van der Waals surface area contributed by atoms with E-state index in [-0.39, 0.29) is 31.5 Å². The van der Waals surface area contributed by atoms with Gasteiger partial charge < -0.3 is 24.1 Å². The van der Waals surface area contributed by atoms with Gasteiger partial charge in [0, 0.05) is 0 Å². The Bertz CT molecular complexity index is 69.8. The zero-order valence-electron chi connectivity index (χ0n) is 9.80. The van der Waals surface area contributed by atoms with Crippen molar-refractivity contribution >= 4 is 0 Å². The first-order valence-electron chi connectivity index (χ1n) is 4.19. The van der Waals surface area contributed by atoms with Crippen LogP contribution in [0.15, 0.2) is 0 Å². The van der Waals surface area contributed by atoms with Crippen LogP contribution < -0.4 is 0 Å². The van der Waals surface area contributed by atoms with Crippen LogP contribution in [0.1, 0.15) is 34.6 Å². The van der Waals surface area contributed by atoms with E-state index < -0.39 is 6.10 Å². The first kappa shape index (κ1) is 23.4. The molecule has 0 saturated carbocycles. The summed E-state index contributed by atoms with van der Waals surface area (Å²) in [5.74, 6) is 0. The summed E-state index contributed by atoms with van der Waals surface area (Å²) < 4.78 is 0. The third-order valence-electron chi connectivity index (χ3n) is 1.17. The van der Waals surface area contributed by atoms with Crippen LogP contribution >= 0.6 is 0 Å². The molecular formula is C10H24O2Zn. The fourth-order valence-electron chi connectivity index (χ4n) is 0.274. The minimum atomic E-state index is -0.595. The molecule has 78 valence electrons. The van der Waals surface area contributed by atoms with Crippen LogP contribution in [-0.2, 0) is 19.5 Å². The molecule has 0 aromatic carbocycles. The third-order valence-corrected chi connectivity index (χ3v) is 1.17. The number of aliphatic hydroxyl groups excluding tert-OH is 2. The Labute approximate surface area is 96.5 Å². The number of aliphatic hydroxyl groups is 2. The van der Waals surface area contributed by atoms with Crippen molar-refractivity contribution in [3.63, 3.8) is 0 Å². The molecule has 13 heavy (non-hydrogen) atoms. The summed E-state index contributed by atoms with van der Waals surface area (Å²) in [7, 11) is 0. The minimum absolute atomic E-state index is 0. The van der Waals surface area contributed by atoms with Crippen LogP contribution in [0.2, 0.25) is 0 Å². The van der Waals surface area contributed by atoms with Crippen molar-refractivity contribution < 1.29 is 29.7 Å². The van der Waals surface area contributed by atoms with Gasteiger partial charge in [0.1, 0.15) is 0 Å². The molecule has 1 atom stereocenters. The van der Waals surface area contributed by atoms with E-state index >= 15 is 0 Å². The predicted molar refractivity (Wildman–Crippen MR) is 54.6 cm³/mol. The van der Waals surface area contributed by atoms with Gasteiger partial charge in [-0.05, 0) is 5.41 Å². The first-order valence-corrected chi connectivity index (χ1v) is 4.19. The largest absolute Gasteiger partial charge is 2.00 e. The number of hydrogen-bond donors (Lipinski definition) is 2. The third kappa shape index (κ3) is 19.1. The molecule has 0 aromatic rings. The predicted octanol–water partition coefficient (Wildman–Crippen LogP) is 2.06. The minimum Gasteiger partial charge on any atom is -0.394 e. The standard InChI is InChI=1S/C6H14O2.2C2H5.Zn/c1-6(2,3)5(8)4-7;2*1-2;/h5,7-8H,4H2,1-3H3;2*1H2,2H3;/q;2*-1;+2/t5-;;;/m0.../s1. The summed E-state index contributed by atoms with van der Waals surface area (Å²) in [6, 6.07) is 0. The van der Waals surface area contributed by atoms with E-state index in [1.165, 1.54) is 0 Å². The molecule has 3 heteroatoms. The molecule has 0 amide bonds. The van der Waals surface area contributed by atoms with Crippen LogP contribution in [0.3, 0.4) is 0 Å². The Kier molecular flexibility index (Phi) is 27.1. The van der Waals surface area contributed by atoms with Gasteiger partial charge in [0.2, 0.25) is 0 Å². The van der Waals surface area contributed by atoms with E-state index in [1.807, 2.05) is 20.8 Å². The molecule has 0 unspecified atom stereocenters. The molecule has 0 aliphatic carbocycles. The van der Waals surface area contributed by atoms with Crippen LogP contribution in [0.25, 0.3) is 0 Å². The Morgan fingerprint density at radius 1 is 1.08 bits per heavy atom. The van der Waals surface area contributed by atoms with Gasteiger partial charge in [0.25, 0.3) is 0 Å². The second kappa shape index (κ2) is 15.0. The second-order valence-corrected chi connectivity index (χ2v) is 3.06. The average Bonchev–Trinajstić information content (AvgIpc) is 2.08. The second-order valence-electron chi connectivity index (χ2n) is 3.06. The van der Waals surface area contributed by atoms with Crippen molar-refractivity contribution in [1.82, 2.24) is 0 Å². The van der Waals surface area contributed by atoms with Crippen LogP contribution in [0.4, 0.5) is 0 Å².